The summed E-state index contributed by atoms with van der Waals surface area (Å²) < 4.78 is 91.4. The number of aldehydes is 1. The van der Waals surface area contributed by atoms with Crippen LogP contribution in [0.3, 0.4) is 0 Å². The molecule has 46 heavy (non-hydrogen) atoms. The quantitative estimate of drug-likeness (QED) is 0.155. The van der Waals surface area contributed by atoms with Crippen LogP contribution in [-0.4, -0.2) is 53.5 Å². The van der Waals surface area contributed by atoms with Gasteiger partial charge in [-0.15, -0.1) is 11.3 Å². The maximum atomic E-state index is 13.2. The van der Waals surface area contributed by atoms with Crippen LogP contribution in [0.1, 0.15) is 53.8 Å². The minimum absolute atomic E-state index is 0.00805. The van der Waals surface area contributed by atoms with Crippen LogP contribution in [0.4, 0.5) is 26.3 Å². The second kappa shape index (κ2) is 13.1. The fourth-order valence-corrected chi connectivity index (χ4v) is 6.34. The van der Waals surface area contributed by atoms with Crippen molar-refractivity contribution >= 4 is 29.0 Å². The minimum Gasteiger partial charge on any atom is -0.492 e. The first-order chi connectivity index (χ1) is 22.0. The molecule has 6 rings (SSSR count). The van der Waals surface area contributed by atoms with Gasteiger partial charge in [0.05, 0.1) is 34.4 Å². The Morgan fingerprint density at radius 2 is 1.67 bits per heavy atom. The topological polar surface area (TPSA) is 76.4 Å². The van der Waals surface area contributed by atoms with Crippen LogP contribution in [0, 0.1) is 11.8 Å². The lowest BCUT2D eigenvalue weighted by atomic mass is 9.96. The third kappa shape index (κ3) is 7.77. The molecule has 1 saturated heterocycles. The number of hydrogen-bond acceptors (Lipinski definition) is 8. The average molecular weight is 665 g/mol. The molecule has 0 N–H and O–H groups in total. The number of thiazole rings is 1. The number of nitrogens with zero attached hydrogens (tertiary/aromatic N) is 4. The largest absolute Gasteiger partial charge is 0.492 e. The molecule has 0 unspecified atom stereocenters. The van der Waals surface area contributed by atoms with Gasteiger partial charge < -0.3 is 9.47 Å². The fourth-order valence-electron chi connectivity index (χ4n) is 5.35. The van der Waals surface area contributed by atoms with E-state index in [1.807, 2.05) is 4.90 Å². The van der Waals surface area contributed by atoms with Gasteiger partial charge >= 0.3 is 12.4 Å². The van der Waals surface area contributed by atoms with E-state index in [-0.39, 0.29) is 39.1 Å². The molecular formula is C32H30F6N4O3S. The van der Waals surface area contributed by atoms with Gasteiger partial charge in [0, 0.05) is 30.2 Å². The highest BCUT2D eigenvalue weighted by atomic mass is 32.1. The van der Waals surface area contributed by atoms with Gasteiger partial charge in [0.1, 0.15) is 28.8 Å². The standard InChI is InChI=1S/C32H30F6N4O3S/c33-31(34,35)21-5-3-20(4-6-21)30-39-27(15-42-11-9-22(10-12-42)32(36,37)38)29(46-30)18-44-24-7-8-25(26-13-23(16-43)40-41-26)28(14-24)45-17-19-1-2-19/h3-8,14,16,19,22H,1-2,9-13,15,17-18H2. The van der Waals surface area contributed by atoms with Crippen LogP contribution in [0.5, 0.6) is 11.5 Å². The lowest BCUT2D eigenvalue weighted by Gasteiger charge is -2.32. The molecule has 0 spiro atoms. The van der Waals surface area contributed by atoms with E-state index in [0.717, 1.165) is 25.0 Å². The molecule has 3 aliphatic rings. The lowest BCUT2D eigenvalue weighted by molar-refractivity contribution is -0.185. The molecule has 244 valence electrons. The number of likely N-dealkylation sites (tertiary alicyclic amines) is 1. The van der Waals surface area contributed by atoms with Crippen LogP contribution < -0.4 is 9.47 Å². The van der Waals surface area contributed by atoms with Gasteiger partial charge in [0.25, 0.3) is 0 Å². The number of benzene rings is 2. The highest BCUT2D eigenvalue weighted by Crippen LogP contribution is 2.38. The first kappa shape index (κ1) is 32.2. The van der Waals surface area contributed by atoms with Crippen molar-refractivity contribution in [1.82, 2.24) is 9.88 Å². The molecule has 14 heteroatoms. The van der Waals surface area contributed by atoms with Gasteiger partial charge in [-0.05, 0) is 69.0 Å². The zero-order valence-electron chi connectivity index (χ0n) is 24.5. The number of hydrogen-bond donors (Lipinski definition) is 0. The smallest absolute Gasteiger partial charge is 0.416 e. The zero-order chi connectivity index (χ0) is 32.5. The van der Waals surface area contributed by atoms with E-state index in [1.165, 1.54) is 23.5 Å². The van der Waals surface area contributed by atoms with Crippen molar-refractivity contribution in [3.8, 4) is 22.1 Å². The highest BCUT2D eigenvalue weighted by Gasteiger charge is 2.41. The Hall–Kier alpha value is -3.78. The number of alkyl halides is 6. The number of carbonyl (C=O) groups is 1. The SMILES string of the molecule is O=CC1=NN=C(c2ccc(OCc3sc(-c4ccc(C(F)(F)F)cc4)nc3CN3CCC(C(F)(F)F)CC3)cc2OCC2CC2)C1. The second-order valence-electron chi connectivity index (χ2n) is 11.7. The minimum atomic E-state index is -4.47. The second-order valence-corrected chi connectivity index (χ2v) is 12.8. The molecule has 1 aromatic heterocycles. The number of piperidine rings is 1. The van der Waals surface area contributed by atoms with E-state index in [4.69, 9.17) is 14.5 Å². The number of carbonyl (C=O) groups excluding carboxylic acids is 1. The summed E-state index contributed by atoms with van der Waals surface area (Å²) >= 11 is 1.27. The summed E-state index contributed by atoms with van der Waals surface area (Å²) in [6.45, 7) is 1.40. The van der Waals surface area contributed by atoms with Gasteiger partial charge in [-0.2, -0.15) is 36.5 Å². The Morgan fingerprint density at radius 1 is 0.935 bits per heavy atom. The van der Waals surface area contributed by atoms with Crippen LogP contribution in [0.25, 0.3) is 10.6 Å². The number of ether oxygens (including phenoxy) is 2. The lowest BCUT2D eigenvalue weighted by Crippen LogP contribution is -2.38. The predicted molar refractivity (Wildman–Crippen MR) is 160 cm³/mol. The fraction of sp³-hybridized carbons (Fsp3) is 0.438. The van der Waals surface area contributed by atoms with Gasteiger partial charge in [-0.1, -0.05) is 12.1 Å². The molecule has 1 aliphatic carbocycles. The maximum Gasteiger partial charge on any atom is 0.416 e. The van der Waals surface area contributed by atoms with E-state index in [2.05, 4.69) is 10.2 Å². The van der Waals surface area contributed by atoms with Crippen molar-refractivity contribution in [1.29, 1.82) is 0 Å². The van der Waals surface area contributed by atoms with Crippen molar-refractivity contribution in [2.75, 3.05) is 19.7 Å². The normalized spacial score (nSPS) is 18.0. The maximum absolute atomic E-state index is 13.2. The summed E-state index contributed by atoms with van der Waals surface area (Å²) in [5.74, 6) is 0.184. The first-order valence-corrected chi connectivity index (χ1v) is 15.7. The molecule has 3 heterocycles. The molecular weight excluding hydrogens is 634 g/mol. The number of halogens is 6. The Bertz CT molecular complexity index is 1620. The van der Waals surface area contributed by atoms with Crippen molar-refractivity contribution in [3.63, 3.8) is 0 Å². The Labute approximate surface area is 264 Å². The predicted octanol–water partition coefficient (Wildman–Crippen LogP) is 7.72. The van der Waals surface area contributed by atoms with E-state index < -0.39 is 23.8 Å². The molecule has 2 aliphatic heterocycles. The van der Waals surface area contributed by atoms with E-state index >= 15 is 0 Å². The Balaban J connectivity index is 1.22. The van der Waals surface area contributed by atoms with Crippen LogP contribution in [0.15, 0.2) is 52.7 Å². The third-order valence-corrected chi connectivity index (χ3v) is 9.37. The van der Waals surface area contributed by atoms with Crippen molar-refractivity contribution < 1.29 is 40.6 Å². The highest BCUT2D eigenvalue weighted by molar-refractivity contribution is 7.15. The van der Waals surface area contributed by atoms with Crippen molar-refractivity contribution in [2.45, 2.75) is 57.6 Å². The molecule has 0 radical (unpaired) electrons. The molecule has 2 fully saturated rings. The summed E-state index contributed by atoms with van der Waals surface area (Å²) in [6, 6.07) is 10.0. The molecule has 2 aromatic carbocycles. The van der Waals surface area contributed by atoms with Crippen molar-refractivity contribution in [2.24, 2.45) is 22.0 Å². The molecule has 7 nitrogen and oxygen atoms in total. The average Bonchev–Trinajstić information content (AvgIpc) is 3.59. The van der Waals surface area contributed by atoms with E-state index in [1.54, 1.807) is 18.2 Å². The Morgan fingerprint density at radius 3 is 2.30 bits per heavy atom. The van der Waals surface area contributed by atoms with Crippen LogP contribution >= 0.6 is 11.3 Å². The molecule has 3 aromatic rings. The summed E-state index contributed by atoms with van der Waals surface area (Å²) in [7, 11) is 0. The van der Waals surface area contributed by atoms with Gasteiger partial charge in [-0.3, -0.25) is 9.69 Å². The summed E-state index contributed by atoms with van der Waals surface area (Å²) in [4.78, 5) is 18.5. The van der Waals surface area contributed by atoms with E-state index in [0.29, 0.717) is 74.9 Å². The van der Waals surface area contributed by atoms with Gasteiger partial charge in [0.15, 0.2) is 6.29 Å². The molecule has 0 atom stereocenters. The van der Waals surface area contributed by atoms with Gasteiger partial charge in [0.2, 0.25) is 0 Å². The first-order valence-electron chi connectivity index (χ1n) is 14.9. The summed E-state index contributed by atoms with van der Waals surface area (Å²) in [5.41, 5.74) is 1.97. The number of aromatic nitrogens is 1. The third-order valence-electron chi connectivity index (χ3n) is 8.25. The number of rotatable bonds is 11. The van der Waals surface area contributed by atoms with Crippen LogP contribution in [0.2, 0.25) is 0 Å². The monoisotopic (exact) mass is 664 g/mol. The van der Waals surface area contributed by atoms with Crippen molar-refractivity contribution in [3.05, 3.63) is 64.2 Å². The van der Waals surface area contributed by atoms with E-state index in [9.17, 15) is 31.1 Å². The summed E-state index contributed by atoms with van der Waals surface area (Å²) in [6.07, 6.45) is -5.57. The van der Waals surface area contributed by atoms with Gasteiger partial charge in [-0.25, -0.2) is 4.98 Å². The zero-order valence-corrected chi connectivity index (χ0v) is 25.4. The molecule has 0 bridgehead atoms. The van der Waals surface area contributed by atoms with Crippen LogP contribution in [-0.2, 0) is 24.1 Å². The molecule has 1 saturated carbocycles. The Kier molecular flexibility index (Phi) is 9.19. The summed E-state index contributed by atoms with van der Waals surface area (Å²) in [5, 5.41) is 8.53. The molecule has 0 amide bonds.